The van der Waals surface area contributed by atoms with E-state index in [1.54, 1.807) is 20.8 Å². The van der Waals surface area contributed by atoms with Crippen LogP contribution < -0.4 is 27.0 Å². The molecule has 1 heterocycles. The number of amides is 6. The number of nitrogens with zero attached hydrogens (tertiary/aromatic N) is 2. The summed E-state index contributed by atoms with van der Waals surface area (Å²) < 4.78 is 19.9. The van der Waals surface area contributed by atoms with Gasteiger partial charge in [0.25, 0.3) is 5.91 Å². The molecule has 20 heteroatoms. The molecule has 2 saturated carbocycles. The van der Waals surface area contributed by atoms with E-state index in [4.69, 9.17) is 15.8 Å². The number of alkyl halides is 1. The molecule has 1 aromatic carbocycles. The fourth-order valence-corrected chi connectivity index (χ4v) is 8.46. The molecule has 0 unspecified atom stereocenters. The molecule has 2 aliphatic carbocycles. The van der Waals surface area contributed by atoms with Crippen LogP contribution in [0.25, 0.3) is 0 Å². The third-order valence-electron chi connectivity index (χ3n) is 11.8. The molecule has 19 nitrogen and oxygen atoms in total. The van der Waals surface area contributed by atoms with Crippen molar-refractivity contribution >= 4 is 47.4 Å². The molecule has 354 valence electrons. The molecule has 6 atom stereocenters. The topological polar surface area (TPSA) is 287 Å². The number of aromatic carboxylic acids is 1. The number of allylic oxidation sites excluding steroid dienone is 1. The molecular formula is C44H64FN7O12. The van der Waals surface area contributed by atoms with E-state index >= 15 is 4.39 Å². The van der Waals surface area contributed by atoms with Crippen LogP contribution in [0.5, 0.6) is 0 Å². The molecule has 1 aliphatic heterocycles. The smallest absolute Gasteiger partial charge is 0.336 e. The number of esters is 1. The van der Waals surface area contributed by atoms with E-state index in [1.165, 1.54) is 37.5 Å². The lowest BCUT2D eigenvalue weighted by Crippen LogP contribution is -2.62. The number of methoxy groups -OCH3 is 1. The van der Waals surface area contributed by atoms with Gasteiger partial charge in [-0.05, 0) is 67.9 Å². The first kappa shape index (κ1) is 52.4. The Morgan fingerprint density at radius 1 is 0.891 bits per heavy atom. The normalized spacial score (nSPS) is 20.0. The van der Waals surface area contributed by atoms with E-state index < -0.39 is 101 Å². The highest BCUT2D eigenvalue weighted by Crippen LogP contribution is 2.31. The summed E-state index contributed by atoms with van der Waals surface area (Å²) in [4.78, 5) is 116. The number of carbonyl (C=O) groups is 8. The van der Waals surface area contributed by atoms with Crippen molar-refractivity contribution in [1.82, 2.24) is 26.2 Å². The van der Waals surface area contributed by atoms with Crippen LogP contribution in [0.15, 0.2) is 36.4 Å². The Morgan fingerprint density at radius 2 is 1.44 bits per heavy atom. The quantitative estimate of drug-likeness (QED) is 0.0570. The average molecular weight is 902 g/mol. The third-order valence-corrected chi connectivity index (χ3v) is 11.8. The van der Waals surface area contributed by atoms with E-state index in [9.17, 15) is 43.5 Å². The summed E-state index contributed by atoms with van der Waals surface area (Å²) in [5, 5.41) is 29.4. The number of halogens is 1. The van der Waals surface area contributed by atoms with Gasteiger partial charge in [-0.25, -0.2) is 14.0 Å². The number of hydrogen-bond donors (Lipinski definition) is 6. The minimum absolute atomic E-state index is 0.0800. The maximum atomic E-state index is 15.3. The summed E-state index contributed by atoms with van der Waals surface area (Å²) in [6.07, 6.45) is 8.79. The summed E-state index contributed by atoms with van der Waals surface area (Å²) >= 11 is 0. The first-order valence-corrected chi connectivity index (χ1v) is 21.8. The van der Waals surface area contributed by atoms with Gasteiger partial charge in [0.05, 0.1) is 24.8 Å². The van der Waals surface area contributed by atoms with E-state index in [0.29, 0.717) is 12.8 Å². The SMILES string of the molecule is COC(=O)/C=C/CC[C@H](NC(=O)c1ccccc1C(=O)O)C(=O)N[C@H](C(=O)N1C[C@@H](F)C[C@H]1C(=O)N[C@H](C(=O)N[C@H](C(N)=O)C1CCCCC1)C1CCCCC1)C(C)(C)C.C[N+](=O)[O-]. The summed E-state index contributed by atoms with van der Waals surface area (Å²) in [7, 11) is 2.08. The lowest BCUT2D eigenvalue weighted by atomic mass is 9.81. The number of carboxylic acids is 1. The Bertz CT molecular complexity index is 1870. The van der Waals surface area contributed by atoms with Gasteiger partial charge in [0.15, 0.2) is 7.05 Å². The molecule has 64 heavy (non-hydrogen) atoms. The van der Waals surface area contributed by atoms with Crippen LogP contribution in [-0.4, -0.2) is 119 Å². The van der Waals surface area contributed by atoms with Crippen molar-refractivity contribution in [1.29, 1.82) is 0 Å². The summed E-state index contributed by atoms with van der Waals surface area (Å²) in [5.74, 6) is -6.86. The Morgan fingerprint density at radius 3 is 1.95 bits per heavy atom. The van der Waals surface area contributed by atoms with Crippen molar-refractivity contribution < 1.29 is 57.5 Å². The number of ether oxygens (including phenoxy) is 1. The Hall–Kier alpha value is -5.95. The molecule has 4 rings (SSSR count). The summed E-state index contributed by atoms with van der Waals surface area (Å²) in [6.45, 7) is 4.52. The number of likely N-dealkylation sites (tertiary alicyclic amines) is 1. The fourth-order valence-electron chi connectivity index (χ4n) is 8.46. The number of rotatable bonds is 17. The molecule has 3 fully saturated rings. The second-order valence-electron chi connectivity index (χ2n) is 17.6. The summed E-state index contributed by atoms with van der Waals surface area (Å²) in [6, 6.07) is -0.606. The van der Waals surface area contributed by atoms with Gasteiger partial charge in [-0.15, -0.1) is 0 Å². The van der Waals surface area contributed by atoms with Crippen molar-refractivity contribution in [2.75, 3.05) is 20.7 Å². The van der Waals surface area contributed by atoms with Gasteiger partial charge in [-0.1, -0.05) is 77.5 Å². The van der Waals surface area contributed by atoms with Crippen LogP contribution in [0.3, 0.4) is 0 Å². The van der Waals surface area contributed by atoms with Crippen LogP contribution in [0.4, 0.5) is 4.39 Å². The number of nitro groups is 1. The number of nitrogens with two attached hydrogens (primary N) is 1. The van der Waals surface area contributed by atoms with Crippen molar-refractivity contribution in [3.05, 3.63) is 57.7 Å². The molecular weight excluding hydrogens is 838 g/mol. The van der Waals surface area contributed by atoms with Gasteiger partial charge in [0.2, 0.25) is 29.5 Å². The zero-order valence-electron chi connectivity index (χ0n) is 37.3. The molecule has 0 bridgehead atoms. The van der Waals surface area contributed by atoms with E-state index in [2.05, 4.69) is 26.0 Å². The van der Waals surface area contributed by atoms with Crippen molar-refractivity contribution in [3.8, 4) is 0 Å². The lowest BCUT2D eigenvalue weighted by Gasteiger charge is -2.37. The molecule has 0 spiro atoms. The molecule has 7 N–H and O–H groups in total. The van der Waals surface area contributed by atoms with Crippen LogP contribution in [0.2, 0.25) is 0 Å². The second kappa shape index (κ2) is 24.8. The highest BCUT2D eigenvalue weighted by molar-refractivity contribution is 6.06. The molecule has 0 aromatic heterocycles. The minimum Gasteiger partial charge on any atom is -0.478 e. The van der Waals surface area contributed by atoms with Gasteiger partial charge in [0.1, 0.15) is 36.4 Å². The zero-order chi connectivity index (χ0) is 47.7. The lowest BCUT2D eigenvalue weighted by molar-refractivity contribution is -0.445. The number of carboxylic acid groups (broad SMARTS) is 1. The molecule has 1 saturated heterocycles. The number of carbonyl (C=O) groups excluding carboxylic acids is 7. The van der Waals surface area contributed by atoms with Crippen molar-refractivity contribution in [2.45, 2.75) is 141 Å². The molecule has 0 radical (unpaired) electrons. The standard InChI is InChI=1S/C43H61FN6O10.CH3NO2/c1-43(2,3)35(49-38(54)30(21-13-14-22-32(51)60-4)46-37(53)28-19-11-12-20-29(28)42(58)59)41(57)50-24-27(44)23-31(50)39(55)48-34(26-17-9-6-10-18-26)40(56)47-33(36(45)52)25-15-7-5-8-16-25;1-2(3)4/h11-12,14,19-20,22,25-27,30-31,33-35H,5-10,13,15-18,21,23-24H2,1-4H3,(H2,45,52)(H,46,53)(H,47,56)(H,48,55)(H,49,54)(H,58,59);1H3/b22-14+;/t27-,30-,31-,33-,34-,35+;/m0./s1. The van der Waals surface area contributed by atoms with Crippen LogP contribution in [0, 0.1) is 27.4 Å². The van der Waals surface area contributed by atoms with Gasteiger partial charge >= 0.3 is 11.9 Å². The maximum Gasteiger partial charge on any atom is 0.336 e. The first-order valence-electron chi connectivity index (χ1n) is 21.8. The van der Waals surface area contributed by atoms with E-state index in [-0.39, 0.29) is 42.2 Å². The van der Waals surface area contributed by atoms with Gasteiger partial charge in [0, 0.05) is 17.4 Å². The van der Waals surface area contributed by atoms with Crippen molar-refractivity contribution in [3.63, 3.8) is 0 Å². The third kappa shape index (κ3) is 15.7. The fraction of sp³-hybridized carbons (Fsp3) is 0.636. The Balaban J connectivity index is 0.00000261. The Kier molecular flexibility index (Phi) is 20.3. The Labute approximate surface area is 372 Å². The molecule has 6 amide bonds. The van der Waals surface area contributed by atoms with E-state index in [0.717, 1.165) is 69.4 Å². The maximum absolute atomic E-state index is 15.3. The largest absolute Gasteiger partial charge is 0.478 e. The van der Waals surface area contributed by atoms with Gasteiger partial charge in [-0.3, -0.25) is 38.9 Å². The van der Waals surface area contributed by atoms with E-state index in [1.807, 2.05) is 0 Å². The predicted molar refractivity (Wildman–Crippen MR) is 231 cm³/mol. The van der Waals surface area contributed by atoms with Crippen molar-refractivity contribution in [2.24, 2.45) is 23.0 Å². The zero-order valence-corrected chi connectivity index (χ0v) is 37.3. The highest BCUT2D eigenvalue weighted by atomic mass is 19.1. The second-order valence-corrected chi connectivity index (χ2v) is 17.6. The van der Waals surface area contributed by atoms with Gasteiger partial charge < -0.3 is 41.7 Å². The number of benzene rings is 1. The van der Waals surface area contributed by atoms with Crippen LogP contribution >= 0.6 is 0 Å². The minimum atomic E-state index is -1.60. The predicted octanol–water partition coefficient (Wildman–Crippen LogP) is 2.97. The van der Waals surface area contributed by atoms with Crippen LogP contribution in [-0.2, 0) is 33.5 Å². The molecule has 1 aromatic rings. The first-order chi connectivity index (χ1) is 30.2. The highest BCUT2D eigenvalue weighted by Gasteiger charge is 2.47. The van der Waals surface area contributed by atoms with Crippen LogP contribution in [0.1, 0.15) is 125 Å². The number of nitrogens with one attached hydrogen (secondary N) is 4. The number of hydrogen-bond acceptors (Lipinski definition) is 11. The summed E-state index contributed by atoms with van der Waals surface area (Å²) in [5.41, 5.74) is 4.23. The number of primary amides is 1. The van der Waals surface area contributed by atoms with Gasteiger partial charge in [-0.2, -0.15) is 0 Å². The molecule has 3 aliphatic rings. The average Bonchev–Trinajstić information content (AvgIpc) is 3.65. The monoisotopic (exact) mass is 901 g/mol.